The number of hydrogen-bond donors (Lipinski definition) is 6. The number of carbonyl (C=O) groups is 3. The van der Waals surface area contributed by atoms with Crippen molar-refractivity contribution in [1.29, 1.82) is 0 Å². The van der Waals surface area contributed by atoms with Crippen LogP contribution >= 0.6 is 23.2 Å². The first-order chi connectivity index (χ1) is 32.1. The Balaban J connectivity index is 0.968. The van der Waals surface area contributed by atoms with Crippen LogP contribution in [-0.2, 0) is 9.53 Å². The lowest BCUT2D eigenvalue weighted by Crippen LogP contribution is -2.45. The zero-order valence-electron chi connectivity index (χ0n) is 38.2. The van der Waals surface area contributed by atoms with Gasteiger partial charge in [0.05, 0.1) is 35.1 Å². The number of carbonyl (C=O) groups excluding carboxylic acids is 3. The number of amides is 2. The molecule has 0 radical (unpaired) electrons. The van der Waals surface area contributed by atoms with Crippen molar-refractivity contribution in [3.05, 3.63) is 112 Å². The maximum Gasteiger partial charge on any atom is 0.320 e. The van der Waals surface area contributed by atoms with Crippen LogP contribution in [0.15, 0.2) is 79.3 Å². The second kappa shape index (κ2) is 21.3. The van der Waals surface area contributed by atoms with Gasteiger partial charge in [-0.05, 0) is 93.1 Å². The fourth-order valence-electron chi connectivity index (χ4n) is 8.00. The minimum atomic E-state index is -0.694. The summed E-state index contributed by atoms with van der Waals surface area (Å²) in [4.78, 5) is 56.4. The van der Waals surface area contributed by atoms with Crippen LogP contribution in [0.5, 0.6) is 11.5 Å². The average Bonchev–Trinajstić information content (AvgIpc) is 3.97. The van der Waals surface area contributed by atoms with E-state index in [0.717, 1.165) is 12.8 Å². The lowest BCUT2D eigenvalue weighted by atomic mass is 9.98. The van der Waals surface area contributed by atoms with Crippen molar-refractivity contribution < 1.29 is 29.3 Å². The molecule has 0 aliphatic carbocycles. The molecule has 0 saturated carbocycles. The number of rotatable bonds is 17. The smallest absolute Gasteiger partial charge is 0.320 e. The molecule has 6 aromatic rings. The number of aromatic nitrogens is 6. The van der Waals surface area contributed by atoms with E-state index in [1.807, 2.05) is 63.9 Å². The number of anilines is 2. The molecular formula is C48H55Cl2N11O6. The predicted molar refractivity (Wildman–Crippen MR) is 258 cm³/mol. The summed E-state index contributed by atoms with van der Waals surface area (Å²) in [5.41, 5.74) is 3.79. The topological polar surface area (TPSA) is 216 Å². The molecule has 1 aliphatic heterocycles. The summed E-state index contributed by atoms with van der Waals surface area (Å²) < 4.78 is 7.34. The molecule has 2 aromatic carbocycles. The molecule has 7 rings (SSSR count). The van der Waals surface area contributed by atoms with Crippen LogP contribution in [0.2, 0.25) is 10.0 Å². The Bertz CT molecular complexity index is 2720. The standard InChI is InChI=1S/C48H55Cl2N11O6/c1-7-51-48(66)46-58-57-45(36-19-34(27(2)3)40(62)21-41(36)63)61(46)33-11-12-43(54-23-33)59(6)32-13-15-60(16-14-32)25-44(64)67-26-39(29-9-8-10-31(49)17-29)56-47(65)38-18-30(22-52-38)35-20-42(55-28(4)5)53-24-37(35)50/h8-12,17-24,27-28,32,39,52,62-63H,7,13-16,25-26H2,1-6H3,(H,51,66)(H,53,55)(H,56,65)/t39-/m1/s1. The van der Waals surface area contributed by atoms with Crippen LogP contribution in [0.3, 0.4) is 0 Å². The summed E-state index contributed by atoms with van der Waals surface area (Å²) in [7, 11) is 1.97. The van der Waals surface area contributed by atoms with Gasteiger partial charge in [0.2, 0.25) is 5.82 Å². The van der Waals surface area contributed by atoms with E-state index in [-0.39, 0.29) is 54.3 Å². The molecule has 6 N–H and O–H groups in total. The van der Waals surface area contributed by atoms with Gasteiger partial charge in [-0.1, -0.05) is 49.2 Å². The van der Waals surface area contributed by atoms with Crippen LogP contribution in [0.1, 0.15) is 91.7 Å². The monoisotopic (exact) mass is 951 g/mol. The van der Waals surface area contributed by atoms with Crippen molar-refractivity contribution in [1.82, 2.24) is 45.2 Å². The van der Waals surface area contributed by atoms with E-state index in [1.54, 1.807) is 60.4 Å². The molecule has 0 bridgehead atoms. The molecule has 5 heterocycles. The van der Waals surface area contributed by atoms with E-state index in [0.29, 0.717) is 80.5 Å². The second-order valence-electron chi connectivity index (χ2n) is 17.0. The molecule has 1 aliphatic rings. The Morgan fingerprint density at radius 2 is 1.70 bits per heavy atom. The largest absolute Gasteiger partial charge is 0.508 e. The number of phenols is 2. The van der Waals surface area contributed by atoms with Crippen molar-refractivity contribution in [3.8, 4) is 39.7 Å². The summed E-state index contributed by atoms with van der Waals surface area (Å²) in [6.45, 7) is 11.3. The molecule has 1 saturated heterocycles. The van der Waals surface area contributed by atoms with Gasteiger partial charge in [-0.2, -0.15) is 0 Å². The van der Waals surface area contributed by atoms with Crippen molar-refractivity contribution in [3.63, 3.8) is 0 Å². The average molecular weight is 953 g/mol. The van der Waals surface area contributed by atoms with Crippen LogP contribution in [-0.4, -0.2) is 115 Å². The van der Waals surface area contributed by atoms with Gasteiger partial charge in [-0.25, -0.2) is 9.97 Å². The van der Waals surface area contributed by atoms with Gasteiger partial charge >= 0.3 is 5.97 Å². The maximum atomic E-state index is 13.6. The zero-order chi connectivity index (χ0) is 47.9. The van der Waals surface area contributed by atoms with E-state index in [2.05, 4.69) is 41.0 Å². The SMILES string of the molecule is CCNC(=O)c1nnc(-c2cc(C(C)C)c(O)cc2O)n1-c1ccc(N(C)C2CCN(CC(=O)OC[C@@H](NC(=O)c3cc(-c4cc(NC(C)C)ncc4Cl)c[nH]3)c3cccc(Cl)c3)CC2)nc1. The number of halogens is 2. The molecule has 67 heavy (non-hydrogen) atoms. The molecule has 352 valence electrons. The highest BCUT2D eigenvalue weighted by Gasteiger charge is 2.28. The Morgan fingerprint density at radius 1 is 0.925 bits per heavy atom. The number of phenolic OH excluding ortho intramolecular Hbond substituents is 2. The third kappa shape index (κ3) is 11.5. The van der Waals surface area contributed by atoms with Gasteiger partial charge in [0, 0.05) is 73.4 Å². The summed E-state index contributed by atoms with van der Waals surface area (Å²) in [5, 5.41) is 39.8. The van der Waals surface area contributed by atoms with Crippen molar-refractivity contribution in [2.24, 2.45) is 0 Å². The Morgan fingerprint density at radius 3 is 2.39 bits per heavy atom. The molecular weight excluding hydrogens is 898 g/mol. The van der Waals surface area contributed by atoms with E-state index < -0.39 is 23.8 Å². The number of pyridine rings is 2. The molecule has 4 aromatic heterocycles. The highest BCUT2D eigenvalue weighted by atomic mass is 35.5. The van der Waals surface area contributed by atoms with Crippen molar-refractivity contribution in [2.45, 2.75) is 71.5 Å². The maximum absolute atomic E-state index is 13.6. The van der Waals surface area contributed by atoms with Gasteiger partial charge in [-0.3, -0.25) is 23.9 Å². The van der Waals surface area contributed by atoms with Crippen LogP contribution < -0.4 is 20.9 Å². The second-order valence-corrected chi connectivity index (χ2v) is 17.9. The first-order valence-electron chi connectivity index (χ1n) is 22.1. The fraction of sp³-hybridized carbons (Fsp3) is 0.354. The minimum Gasteiger partial charge on any atom is -0.508 e. The van der Waals surface area contributed by atoms with E-state index in [9.17, 15) is 24.6 Å². The summed E-state index contributed by atoms with van der Waals surface area (Å²) in [6.07, 6.45) is 6.40. The Labute approximate surface area is 398 Å². The number of nitrogens with zero attached hydrogens (tertiary/aromatic N) is 7. The molecule has 0 spiro atoms. The number of aromatic hydroxyl groups is 2. The Hall–Kier alpha value is -6.69. The number of H-pyrrole nitrogens is 1. The lowest BCUT2D eigenvalue weighted by Gasteiger charge is -2.37. The number of ether oxygens (including phenoxy) is 1. The first kappa shape index (κ1) is 48.2. The predicted octanol–water partition coefficient (Wildman–Crippen LogP) is 7.75. The number of aromatic amines is 1. The first-order valence-corrected chi connectivity index (χ1v) is 22.9. The van der Waals surface area contributed by atoms with Crippen LogP contribution in [0.4, 0.5) is 11.6 Å². The summed E-state index contributed by atoms with van der Waals surface area (Å²) in [5.74, 6) is 0.00313. The number of esters is 1. The zero-order valence-corrected chi connectivity index (χ0v) is 39.7. The molecule has 2 amide bonds. The van der Waals surface area contributed by atoms with Crippen LogP contribution in [0, 0.1) is 0 Å². The third-order valence-electron chi connectivity index (χ3n) is 11.5. The normalized spacial score (nSPS) is 13.7. The minimum absolute atomic E-state index is 0.0151. The fourth-order valence-corrected chi connectivity index (χ4v) is 8.41. The quantitative estimate of drug-likeness (QED) is 0.0483. The van der Waals surface area contributed by atoms with E-state index in [4.69, 9.17) is 32.9 Å². The van der Waals surface area contributed by atoms with Crippen LogP contribution in [0.25, 0.3) is 28.2 Å². The molecule has 1 atom stereocenters. The van der Waals surface area contributed by atoms with Crippen molar-refractivity contribution in [2.75, 3.05) is 50.1 Å². The summed E-state index contributed by atoms with van der Waals surface area (Å²) in [6, 6.07) is 16.8. The van der Waals surface area contributed by atoms with Crippen molar-refractivity contribution >= 4 is 52.6 Å². The van der Waals surface area contributed by atoms with Gasteiger partial charge < -0.3 is 40.8 Å². The molecule has 1 fully saturated rings. The van der Waals surface area contributed by atoms with Gasteiger partial charge in [-0.15, -0.1) is 10.2 Å². The Kier molecular flexibility index (Phi) is 15.3. The van der Waals surface area contributed by atoms with Gasteiger partial charge in [0.1, 0.15) is 35.4 Å². The van der Waals surface area contributed by atoms with E-state index >= 15 is 0 Å². The number of nitrogens with one attached hydrogen (secondary N) is 4. The number of likely N-dealkylation sites (tertiary alicyclic amines) is 1. The number of piperidine rings is 1. The lowest BCUT2D eigenvalue weighted by molar-refractivity contribution is -0.146. The van der Waals surface area contributed by atoms with Gasteiger partial charge in [0.25, 0.3) is 11.8 Å². The third-order valence-corrected chi connectivity index (χ3v) is 12.1. The van der Waals surface area contributed by atoms with E-state index in [1.165, 1.54) is 6.07 Å². The highest BCUT2D eigenvalue weighted by molar-refractivity contribution is 6.33. The molecule has 19 heteroatoms. The summed E-state index contributed by atoms with van der Waals surface area (Å²) >= 11 is 12.8. The van der Waals surface area contributed by atoms with Gasteiger partial charge in [0.15, 0.2) is 5.82 Å². The molecule has 0 unspecified atom stereocenters. The molecule has 17 nitrogen and oxygen atoms in total. The highest BCUT2D eigenvalue weighted by Crippen LogP contribution is 2.38. The number of hydrogen-bond acceptors (Lipinski definition) is 13. The number of benzene rings is 2.